The number of hydrogen-bond acceptors (Lipinski definition) is 2. The summed E-state index contributed by atoms with van der Waals surface area (Å²) in [6.07, 6.45) is 1.71. The monoisotopic (exact) mass is 222 g/mol. The lowest BCUT2D eigenvalue weighted by Crippen LogP contribution is -2.38. The lowest BCUT2D eigenvalue weighted by atomic mass is 10.1. The zero-order valence-corrected chi connectivity index (χ0v) is 9.24. The summed E-state index contributed by atoms with van der Waals surface area (Å²) < 4.78 is 12.7. The molecule has 1 aromatic carbocycles. The number of carbonyl (C=O) groups is 1. The molecule has 1 aliphatic carbocycles. The Labute approximate surface area is 94.0 Å². The second-order valence-corrected chi connectivity index (χ2v) is 4.33. The Morgan fingerprint density at radius 2 is 2.00 bits per heavy atom. The number of nitrogens with zero attached hydrogens (tertiary/aromatic N) is 1. The quantitative estimate of drug-likeness (QED) is 0.843. The molecule has 2 N–H and O–H groups in total. The van der Waals surface area contributed by atoms with Gasteiger partial charge in [0.1, 0.15) is 5.82 Å². The largest absolute Gasteiger partial charge is 0.329 e. The first-order chi connectivity index (χ1) is 7.59. The summed E-state index contributed by atoms with van der Waals surface area (Å²) in [7, 11) is 1.70. The van der Waals surface area contributed by atoms with Gasteiger partial charge in [-0.3, -0.25) is 4.79 Å². The molecule has 3 nitrogen and oxygen atoms in total. The molecule has 2 rings (SSSR count). The fourth-order valence-corrected chi connectivity index (χ4v) is 1.79. The predicted molar refractivity (Wildman–Crippen MR) is 60.5 cm³/mol. The van der Waals surface area contributed by atoms with Crippen molar-refractivity contribution in [2.45, 2.75) is 12.8 Å². The highest BCUT2D eigenvalue weighted by molar-refractivity contribution is 5.99. The van der Waals surface area contributed by atoms with Gasteiger partial charge in [-0.1, -0.05) is 0 Å². The Balaban J connectivity index is 2.16. The number of carbonyl (C=O) groups excluding carboxylic acids is 1. The summed E-state index contributed by atoms with van der Waals surface area (Å²) in [5.74, 6) is -0.272. The van der Waals surface area contributed by atoms with E-state index in [4.69, 9.17) is 5.73 Å². The standard InChI is InChI=1S/C12H15FN2O/c1-15(10-4-2-9(13)3-5-10)11(16)12(8-14)6-7-12/h2-5H,6-8,14H2,1H3. The number of halogens is 1. The van der Waals surface area contributed by atoms with E-state index in [1.54, 1.807) is 24.1 Å². The van der Waals surface area contributed by atoms with Crippen molar-refractivity contribution in [3.63, 3.8) is 0 Å². The van der Waals surface area contributed by atoms with Crippen molar-refractivity contribution >= 4 is 11.6 Å². The second kappa shape index (κ2) is 3.87. The van der Waals surface area contributed by atoms with Gasteiger partial charge in [0.05, 0.1) is 5.41 Å². The van der Waals surface area contributed by atoms with Crippen molar-refractivity contribution in [3.05, 3.63) is 30.1 Å². The maximum Gasteiger partial charge on any atom is 0.234 e. The van der Waals surface area contributed by atoms with Crippen LogP contribution in [0.1, 0.15) is 12.8 Å². The molecule has 16 heavy (non-hydrogen) atoms. The van der Waals surface area contributed by atoms with Gasteiger partial charge in [0.15, 0.2) is 0 Å². The highest BCUT2D eigenvalue weighted by Crippen LogP contribution is 2.46. The van der Waals surface area contributed by atoms with Crippen LogP contribution in [0.15, 0.2) is 24.3 Å². The Hall–Kier alpha value is -1.42. The van der Waals surface area contributed by atoms with E-state index in [9.17, 15) is 9.18 Å². The van der Waals surface area contributed by atoms with Gasteiger partial charge in [0.25, 0.3) is 0 Å². The fourth-order valence-electron chi connectivity index (χ4n) is 1.79. The number of amides is 1. The summed E-state index contributed by atoms with van der Waals surface area (Å²) in [5.41, 5.74) is 5.94. The number of nitrogens with two attached hydrogens (primary N) is 1. The lowest BCUT2D eigenvalue weighted by molar-refractivity contribution is -0.123. The van der Waals surface area contributed by atoms with Crippen LogP contribution in [0.5, 0.6) is 0 Å². The van der Waals surface area contributed by atoms with Crippen LogP contribution in [0.25, 0.3) is 0 Å². The third-order valence-corrected chi connectivity index (χ3v) is 3.22. The third kappa shape index (κ3) is 1.80. The zero-order chi connectivity index (χ0) is 11.8. The molecule has 0 spiro atoms. The molecule has 0 aliphatic heterocycles. The topological polar surface area (TPSA) is 46.3 Å². The van der Waals surface area contributed by atoms with Crippen LogP contribution in [0.3, 0.4) is 0 Å². The van der Waals surface area contributed by atoms with E-state index in [1.807, 2.05) is 0 Å². The van der Waals surface area contributed by atoms with Gasteiger partial charge in [0.2, 0.25) is 5.91 Å². The molecule has 86 valence electrons. The highest BCUT2D eigenvalue weighted by atomic mass is 19.1. The van der Waals surface area contributed by atoms with Crippen molar-refractivity contribution in [3.8, 4) is 0 Å². The van der Waals surface area contributed by atoms with Gasteiger partial charge in [-0.25, -0.2) is 4.39 Å². The molecule has 0 saturated heterocycles. The number of rotatable bonds is 3. The molecule has 0 aromatic heterocycles. The predicted octanol–water partition coefficient (Wildman–Crippen LogP) is 1.53. The van der Waals surface area contributed by atoms with Crippen LogP contribution in [-0.4, -0.2) is 19.5 Å². The first kappa shape index (κ1) is 11.1. The number of hydrogen-bond donors (Lipinski definition) is 1. The van der Waals surface area contributed by atoms with Gasteiger partial charge >= 0.3 is 0 Å². The van der Waals surface area contributed by atoms with Crippen molar-refractivity contribution in [2.24, 2.45) is 11.1 Å². The van der Waals surface area contributed by atoms with E-state index in [1.165, 1.54) is 12.1 Å². The Morgan fingerprint density at radius 3 is 2.44 bits per heavy atom. The van der Waals surface area contributed by atoms with Crippen molar-refractivity contribution in [1.29, 1.82) is 0 Å². The molecule has 1 aliphatic rings. The average molecular weight is 222 g/mol. The minimum absolute atomic E-state index is 0.0293. The Kier molecular flexibility index (Phi) is 2.68. The molecule has 4 heteroatoms. The van der Waals surface area contributed by atoms with Crippen LogP contribution in [0.4, 0.5) is 10.1 Å². The summed E-state index contributed by atoms with van der Waals surface area (Å²) in [4.78, 5) is 13.7. The number of benzene rings is 1. The Bertz CT molecular complexity index is 398. The smallest absolute Gasteiger partial charge is 0.234 e. The van der Waals surface area contributed by atoms with Crippen LogP contribution in [0.2, 0.25) is 0 Å². The van der Waals surface area contributed by atoms with E-state index in [-0.39, 0.29) is 17.1 Å². The van der Waals surface area contributed by atoms with E-state index in [0.717, 1.165) is 12.8 Å². The van der Waals surface area contributed by atoms with Crippen LogP contribution in [-0.2, 0) is 4.79 Å². The maximum atomic E-state index is 12.7. The molecule has 1 aromatic rings. The summed E-state index contributed by atoms with van der Waals surface area (Å²) >= 11 is 0. The minimum atomic E-state index is -0.358. The van der Waals surface area contributed by atoms with Gasteiger partial charge < -0.3 is 10.6 Å². The van der Waals surface area contributed by atoms with E-state index in [2.05, 4.69) is 0 Å². The van der Waals surface area contributed by atoms with Gasteiger partial charge in [-0.15, -0.1) is 0 Å². The molecule has 0 unspecified atom stereocenters. The van der Waals surface area contributed by atoms with Crippen molar-refractivity contribution < 1.29 is 9.18 Å². The molecule has 0 heterocycles. The fraction of sp³-hybridized carbons (Fsp3) is 0.417. The summed E-state index contributed by atoms with van der Waals surface area (Å²) in [6.45, 7) is 0.386. The summed E-state index contributed by atoms with van der Waals surface area (Å²) in [6, 6.07) is 5.89. The first-order valence-electron chi connectivity index (χ1n) is 5.33. The first-order valence-corrected chi connectivity index (χ1v) is 5.33. The zero-order valence-electron chi connectivity index (χ0n) is 9.24. The maximum absolute atomic E-state index is 12.7. The molecule has 0 atom stereocenters. The lowest BCUT2D eigenvalue weighted by Gasteiger charge is -2.22. The normalized spacial score (nSPS) is 16.9. The SMILES string of the molecule is CN(C(=O)C1(CN)CC1)c1ccc(F)cc1. The van der Waals surface area contributed by atoms with Crippen molar-refractivity contribution in [1.82, 2.24) is 0 Å². The van der Waals surface area contributed by atoms with Crippen LogP contribution in [0, 0.1) is 11.2 Å². The third-order valence-electron chi connectivity index (χ3n) is 3.22. The molecule has 0 radical (unpaired) electrons. The van der Waals surface area contributed by atoms with E-state index in [0.29, 0.717) is 12.2 Å². The van der Waals surface area contributed by atoms with E-state index >= 15 is 0 Å². The molecular weight excluding hydrogens is 207 g/mol. The molecule has 1 fully saturated rings. The van der Waals surface area contributed by atoms with E-state index < -0.39 is 0 Å². The molecule has 0 bridgehead atoms. The average Bonchev–Trinajstić information content (AvgIpc) is 3.09. The summed E-state index contributed by atoms with van der Waals surface area (Å²) in [5, 5.41) is 0. The van der Waals surface area contributed by atoms with Crippen molar-refractivity contribution in [2.75, 3.05) is 18.5 Å². The Morgan fingerprint density at radius 1 is 1.44 bits per heavy atom. The van der Waals surface area contributed by atoms with Gasteiger partial charge in [-0.2, -0.15) is 0 Å². The second-order valence-electron chi connectivity index (χ2n) is 4.33. The minimum Gasteiger partial charge on any atom is -0.329 e. The van der Waals surface area contributed by atoms with Gasteiger partial charge in [0, 0.05) is 19.3 Å². The van der Waals surface area contributed by atoms with Gasteiger partial charge in [-0.05, 0) is 37.1 Å². The molecular formula is C12H15FN2O. The molecule has 1 saturated carbocycles. The number of anilines is 1. The molecule has 1 amide bonds. The highest BCUT2D eigenvalue weighted by Gasteiger charge is 2.50. The van der Waals surface area contributed by atoms with Crippen LogP contribution >= 0.6 is 0 Å². The van der Waals surface area contributed by atoms with Crippen LogP contribution < -0.4 is 10.6 Å².